The fourth-order valence-corrected chi connectivity index (χ4v) is 4.18. The van der Waals surface area contributed by atoms with E-state index in [1.165, 1.54) is 11.1 Å². The molecule has 1 aliphatic rings. The third-order valence-corrected chi connectivity index (χ3v) is 6.00. The molecular weight excluding hydrogens is 362 g/mol. The number of aromatic nitrogens is 1. The Balaban J connectivity index is 1.45. The van der Waals surface area contributed by atoms with Crippen molar-refractivity contribution in [2.24, 2.45) is 0 Å². The number of nitrogens with zero attached hydrogens (tertiary/aromatic N) is 1. The Kier molecular flexibility index (Phi) is 5.01. The lowest BCUT2D eigenvalue weighted by atomic mass is 9.94. The normalized spacial score (nSPS) is 14.6. The average molecular weight is 389 g/mol. The minimum atomic E-state index is -0.552. The van der Waals surface area contributed by atoms with Gasteiger partial charge in [0.05, 0.1) is 5.56 Å². The molecular formula is C24H27N3O2. The van der Waals surface area contributed by atoms with Gasteiger partial charge in [-0.2, -0.15) is 0 Å². The number of para-hydroxylation sites is 1. The van der Waals surface area contributed by atoms with Crippen molar-refractivity contribution in [3.63, 3.8) is 0 Å². The van der Waals surface area contributed by atoms with Crippen molar-refractivity contribution in [2.45, 2.75) is 39.3 Å². The summed E-state index contributed by atoms with van der Waals surface area (Å²) >= 11 is 0. The van der Waals surface area contributed by atoms with Crippen molar-refractivity contribution in [1.82, 2.24) is 15.2 Å². The fourth-order valence-electron chi connectivity index (χ4n) is 4.18. The summed E-state index contributed by atoms with van der Waals surface area (Å²) in [5, 5.41) is 3.67. The molecule has 0 unspecified atom stereocenters. The monoisotopic (exact) mass is 389 g/mol. The lowest BCUT2D eigenvalue weighted by Gasteiger charge is -2.41. The SMILES string of the molecule is Cc1[nH]c2ccccc2c1C(=O)C(=O)NCC(C)(C)N1CCc2ccccc2C1. The topological polar surface area (TPSA) is 65.2 Å². The zero-order valence-electron chi connectivity index (χ0n) is 17.2. The second kappa shape index (κ2) is 7.48. The van der Waals surface area contributed by atoms with Crippen LogP contribution in [0.15, 0.2) is 48.5 Å². The Labute approximate surface area is 171 Å². The number of aryl methyl sites for hydroxylation is 1. The Bertz CT molecular complexity index is 1080. The van der Waals surface area contributed by atoms with Crippen molar-refractivity contribution < 1.29 is 9.59 Å². The number of H-pyrrole nitrogens is 1. The minimum Gasteiger partial charge on any atom is -0.358 e. The van der Waals surface area contributed by atoms with Crippen LogP contribution in [0.25, 0.3) is 10.9 Å². The lowest BCUT2D eigenvalue weighted by Crippen LogP contribution is -2.53. The molecule has 150 valence electrons. The molecule has 0 atom stereocenters. The molecule has 0 spiro atoms. The van der Waals surface area contributed by atoms with E-state index in [1.54, 1.807) is 0 Å². The molecule has 3 aromatic rings. The van der Waals surface area contributed by atoms with Crippen molar-refractivity contribution in [2.75, 3.05) is 13.1 Å². The van der Waals surface area contributed by atoms with Gasteiger partial charge in [0.25, 0.3) is 11.7 Å². The predicted octanol–water partition coefficient (Wildman–Crippen LogP) is 3.61. The van der Waals surface area contributed by atoms with Crippen molar-refractivity contribution in [3.8, 4) is 0 Å². The Hall–Kier alpha value is -2.92. The molecule has 5 nitrogen and oxygen atoms in total. The number of benzene rings is 2. The first-order valence-electron chi connectivity index (χ1n) is 10.1. The van der Waals surface area contributed by atoms with Crippen LogP contribution in [-0.2, 0) is 17.8 Å². The largest absolute Gasteiger partial charge is 0.358 e. The van der Waals surface area contributed by atoms with E-state index in [-0.39, 0.29) is 5.54 Å². The molecule has 1 aromatic heterocycles. The average Bonchev–Trinajstić information content (AvgIpc) is 3.06. The van der Waals surface area contributed by atoms with E-state index < -0.39 is 11.7 Å². The molecule has 0 fully saturated rings. The highest BCUT2D eigenvalue weighted by Crippen LogP contribution is 2.25. The number of carbonyl (C=O) groups excluding carboxylic acids is 2. The summed E-state index contributed by atoms with van der Waals surface area (Å²) in [4.78, 5) is 31.1. The number of aromatic amines is 1. The second-order valence-electron chi connectivity index (χ2n) is 8.44. The van der Waals surface area contributed by atoms with Gasteiger partial charge in [-0.15, -0.1) is 0 Å². The van der Waals surface area contributed by atoms with E-state index in [1.807, 2.05) is 31.2 Å². The van der Waals surface area contributed by atoms with Crippen LogP contribution in [-0.4, -0.2) is 40.2 Å². The molecule has 1 aliphatic heterocycles. The van der Waals surface area contributed by atoms with E-state index >= 15 is 0 Å². The molecule has 5 heteroatoms. The Morgan fingerprint density at radius 2 is 1.76 bits per heavy atom. The van der Waals surface area contributed by atoms with Gasteiger partial charge in [0.15, 0.2) is 0 Å². The summed E-state index contributed by atoms with van der Waals surface area (Å²) in [6, 6.07) is 16.1. The van der Waals surface area contributed by atoms with Gasteiger partial charge in [-0.3, -0.25) is 14.5 Å². The number of Topliss-reactive ketones (excluding diaryl/α,β-unsaturated/α-hetero) is 1. The van der Waals surface area contributed by atoms with Gasteiger partial charge in [-0.05, 0) is 44.4 Å². The van der Waals surface area contributed by atoms with E-state index in [4.69, 9.17) is 0 Å². The van der Waals surface area contributed by atoms with Gasteiger partial charge in [0.1, 0.15) is 0 Å². The van der Waals surface area contributed by atoms with E-state index in [0.29, 0.717) is 12.1 Å². The van der Waals surface area contributed by atoms with Crippen LogP contribution in [0.1, 0.15) is 41.0 Å². The number of amides is 1. The quantitative estimate of drug-likeness (QED) is 0.517. The van der Waals surface area contributed by atoms with Crippen LogP contribution in [0.5, 0.6) is 0 Å². The standard InChI is InChI=1S/C24H27N3O2/c1-16-21(19-10-6-7-11-20(19)26-16)22(28)23(29)25-15-24(2,3)27-13-12-17-8-4-5-9-18(17)14-27/h4-11,26H,12-15H2,1-3H3,(H,25,29). The highest BCUT2D eigenvalue weighted by molar-refractivity contribution is 6.45. The molecule has 0 aliphatic carbocycles. The fraction of sp³-hybridized carbons (Fsp3) is 0.333. The predicted molar refractivity (Wildman–Crippen MR) is 115 cm³/mol. The van der Waals surface area contributed by atoms with Gasteiger partial charge in [0, 0.05) is 41.8 Å². The number of carbonyl (C=O) groups is 2. The molecule has 2 N–H and O–H groups in total. The molecule has 2 heterocycles. The van der Waals surface area contributed by atoms with Crippen LogP contribution in [0.4, 0.5) is 0 Å². The third kappa shape index (κ3) is 3.70. The molecule has 0 saturated heterocycles. The first kappa shape index (κ1) is 19.4. The number of hydrogen-bond donors (Lipinski definition) is 2. The van der Waals surface area contributed by atoms with Crippen molar-refractivity contribution >= 4 is 22.6 Å². The molecule has 2 aromatic carbocycles. The molecule has 1 amide bonds. The van der Waals surface area contributed by atoms with Crippen LogP contribution < -0.4 is 5.32 Å². The van der Waals surface area contributed by atoms with Crippen LogP contribution in [0, 0.1) is 6.92 Å². The number of ketones is 1. The Morgan fingerprint density at radius 3 is 2.55 bits per heavy atom. The summed E-state index contributed by atoms with van der Waals surface area (Å²) < 4.78 is 0. The van der Waals surface area contributed by atoms with Crippen molar-refractivity contribution in [3.05, 3.63) is 70.9 Å². The third-order valence-electron chi connectivity index (χ3n) is 6.00. The van der Waals surface area contributed by atoms with E-state index in [9.17, 15) is 9.59 Å². The van der Waals surface area contributed by atoms with Gasteiger partial charge < -0.3 is 10.3 Å². The summed E-state index contributed by atoms with van der Waals surface area (Å²) in [5.74, 6) is -1.04. The summed E-state index contributed by atoms with van der Waals surface area (Å²) in [6.07, 6.45) is 1.00. The molecule has 0 bridgehead atoms. The zero-order chi connectivity index (χ0) is 20.6. The summed E-state index contributed by atoms with van der Waals surface area (Å²) in [6.45, 7) is 8.27. The molecule has 0 saturated carbocycles. The first-order valence-corrected chi connectivity index (χ1v) is 10.1. The highest BCUT2D eigenvalue weighted by Gasteiger charge is 2.31. The van der Waals surface area contributed by atoms with Crippen LogP contribution in [0.3, 0.4) is 0 Å². The summed E-state index contributed by atoms with van der Waals surface area (Å²) in [7, 11) is 0. The second-order valence-corrected chi connectivity index (χ2v) is 8.44. The maximum atomic E-state index is 12.9. The smallest absolute Gasteiger partial charge is 0.292 e. The van der Waals surface area contributed by atoms with Crippen LogP contribution >= 0.6 is 0 Å². The molecule has 29 heavy (non-hydrogen) atoms. The number of rotatable bonds is 5. The number of fused-ring (bicyclic) bond motifs is 2. The van der Waals surface area contributed by atoms with Gasteiger partial charge in [-0.25, -0.2) is 0 Å². The number of nitrogens with one attached hydrogen (secondary N) is 2. The summed E-state index contributed by atoms with van der Waals surface area (Å²) in [5.41, 5.74) is 4.53. The van der Waals surface area contributed by atoms with Crippen molar-refractivity contribution in [1.29, 1.82) is 0 Å². The van der Waals surface area contributed by atoms with Gasteiger partial charge in [0.2, 0.25) is 0 Å². The molecule has 4 rings (SSSR count). The minimum absolute atomic E-state index is 0.251. The van der Waals surface area contributed by atoms with Crippen LogP contribution in [0.2, 0.25) is 0 Å². The maximum absolute atomic E-state index is 12.9. The van der Waals surface area contributed by atoms with E-state index in [0.717, 1.165) is 36.1 Å². The Morgan fingerprint density at radius 1 is 1.07 bits per heavy atom. The van der Waals surface area contributed by atoms with Gasteiger partial charge in [-0.1, -0.05) is 42.5 Å². The van der Waals surface area contributed by atoms with E-state index in [2.05, 4.69) is 53.3 Å². The zero-order valence-corrected chi connectivity index (χ0v) is 17.2. The first-order chi connectivity index (χ1) is 13.9. The van der Waals surface area contributed by atoms with Gasteiger partial charge >= 0.3 is 0 Å². The number of hydrogen-bond acceptors (Lipinski definition) is 3. The lowest BCUT2D eigenvalue weighted by molar-refractivity contribution is -0.117. The molecule has 0 radical (unpaired) electrons. The maximum Gasteiger partial charge on any atom is 0.292 e. The highest BCUT2D eigenvalue weighted by atomic mass is 16.2.